The Morgan fingerprint density at radius 3 is 2.65 bits per heavy atom. The van der Waals surface area contributed by atoms with Gasteiger partial charge in [0.05, 0.1) is 10.6 Å². The first-order valence-electron chi connectivity index (χ1n) is 9.46. The van der Waals surface area contributed by atoms with Crippen molar-refractivity contribution in [1.82, 2.24) is 5.01 Å². The molecule has 0 saturated heterocycles. The average molecular weight is 447 g/mol. The fraction of sp³-hybridized carbons (Fsp3) is 0.0435. The first kappa shape index (κ1) is 19.5. The maximum Gasteiger partial charge on any atom is 0.283 e. The number of hydrogen-bond donors (Lipinski definition) is 1. The summed E-state index contributed by atoms with van der Waals surface area (Å²) < 4.78 is 5.84. The van der Waals surface area contributed by atoms with E-state index in [2.05, 4.69) is 10.1 Å². The number of hydrazone groups is 1. The Hall–Kier alpha value is -3.42. The number of aliphatic imine (C=N–C) groups is 1. The van der Waals surface area contributed by atoms with Gasteiger partial charge in [-0.2, -0.15) is 15.1 Å². The molecule has 2 aliphatic rings. The highest BCUT2D eigenvalue weighted by atomic mass is 35.5. The van der Waals surface area contributed by atoms with E-state index in [1.807, 2.05) is 48.5 Å². The van der Waals surface area contributed by atoms with E-state index in [0.29, 0.717) is 28.1 Å². The topological polar surface area (TPSA) is 82.0 Å². The third kappa shape index (κ3) is 3.85. The van der Waals surface area contributed by atoms with Gasteiger partial charge in [0, 0.05) is 12.0 Å². The monoisotopic (exact) mass is 446 g/mol. The van der Waals surface area contributed by atoms with Gasteiger partial charge in [-0.15, -0.1) is 0 Å². The molecule has 0 spiro atoms. The van der Waals surface area contributed by atoms with Gasteiger partial charge in [0.15, 0.2) is 5.84 Å². The molecule has 0 saturated carbocycles. The molecule has 0 radical (unpaired) electrons. The summed E-state index contributed by atoms with van der Waals surface area (Å²) in [6.45, 7) is 0. The molecular weight excluding hydrogens is 432 g/mol. The molecule has 0 bridgehead atoms. The third-order valence-corrected chi connectivity index (χ3v) is 5.99. The molecule has 31 heavy (non-hydrogen) atoms. The molecule has 0 unspecified atom stereocenters. The molecule has 6 nitrogen and oxygen atoms in total. The molecular formula is C23H15ClN4O2S. The van der Waals surface area contributed by atoms with Crippen LogP contribution in [-0.4, -0.2) is 27.0 Å². The van der Waals surface area contributed by atoms with Gasteiger partial charge in [0.1, 0.15) is 16.6 Å². The Balaban J connectivity index is 1.41. The number of benzene rings is 2. The summed E-state index contributed by atoms with van der Waals surface area (Å²) in [5.74, 6) is 0.496. The van der Waals surface area contributed by atoms with Crippen LogP contribution in [0.2, 0.25) is 5.02 Å². The number of hydrogen-bond acceptors (Lipinski definition) is 5. The summed E-state index contributed by atoms with van der Waals surface area (Å²) >= 11 is 7.54. The van der Waals surface area contributed by atoms with Crippen molar-refractivity contribution in [3.63, 3.8) is 0 Å². The van der Waals surface area contributed by atoms with Crippen LogP contribution in [0.25, 0.3) is 17.4 Å². The predicted octanol–water partition coefficient (Wildman–Crippen LogP) is 5.46. The van der Waals surface area contributed by atoms with Gasteiger partial charge in [-0.05, 0) is 47.7 Å². The number of halogens is 1. The van der Waals surface area contributed by atoms with Crippen molar-refractivity contribution < 1.29 is 9.21 Å². The van der Waals surface area contributed by atoms with Crippen LogP contribution in [0.4, 0.5) is 0 Å². The second-order valence-corrected chi connectivity index (χ2v) is 8.31. The third-order valence-electron chi connectivity index (χ3n) is 4.75. The van der Waals surface area contributed by atoms with E-state index >= 15 is 0 Å². The van der Waals surface area contributed by atoms with Crippen LogP contribution < -0.4 is 0 Å². The normalized spacial score (nSPS) is 17.1. The molecule has 8 heteroatoms. The molecule has 5 rings (SSSR count). The quantitative estimate of drug-likeness (QED) is 0.539. The molecule has 1 aromatic heterocycles. The minimum atomic E-state index is -0.490. The lowest BCUT2D eigenvalue weighted by Gasteiger charge is -2.19. The van der Waals surface area contributed by atoms with E-state index in [9.17, 15) is 4.79 Å². The van der Waals surface area contributed by atoms with Crippen molar-refractivity contribution in [2.45, 2.75) is 6.42 Å². The molecule has 0 aliphatic carbocycles. The van der Waals surface area contributed by atoms with Crippen molar-refractivity contribution >= 4 is 51.4 Å². The minimum absolute atomic E-state index is 0.0266. The van der Waals surface area contributed by atoms with Gasteiger partial charge in [-0.25, -0.2) is 0 Å². The molecule has 2 aromatic carbocycles. The van der Waals surface area contributed by atoms with Crippen molar-refractivity contribution in [1.29, 1.82) is 5.41 Å². The lowest BCUT2D eigenvalue weighted by molar-refractivity contribution is -0.114. The number of nitrogens with one attached hydrogen (secondary N) is 1. The van der Waals surface area contributed by atoms with Crippen molar-refractivity contribution in [2.24, 2.45) is 10.1 Å². The van der Waals surface area contributed by atoms with Crippen LogP contribution >= 0.6 is 23.4 Å². The van der Waals surface area contributed by atoms with Crippen molar-refractivity contribution in [2.75, 3.05) is 0 Å². The number of carbonyl (C=O) groups is 1. The second kappa shape index (κ2) is 8.02. The number of furan rings is 1. The highest BCUT2D eigenvalue weighted by Crippen LogP contribution is 2.32. The highest BCUT2D eigenvalue weighted by molar-refractivity contribution is 8.26. The number of rotatable bonds is 4. The molecule has 3 heterocycles. The largest absolute Gasteiger partial charge is 0.457 e. The summed E-state index contributed by atoms with van der Waals surface area (Å²) in [5, 5.41) is 16.1. The summed E-state index contributed by atoms with van der Waals surface area (Å²) in [6, 6.07) is 20.8. The highest BCUT2D eigenvalue weighted by Gasteiger charge is 2.35. The maximum atomic E-state index is 12.6. The van der Waals surface area contributed by atoms with Crippen LogP contribution in [0.15, 0.2) is 86.8 Å². The average Bonchev–Trinajstić information content (AvgIpc) is 3.39. The Bertz CT molecular complexity index is 1290. The Kier molecular flexibility index (Phi) is 5.05. The standard InChI is InChI=1S/C23H15ClN4O2S/c24-18-9-5-4-8-16(18)19-11-10-15(30-19)13-17-21(25)28-23(26-22(17)29)31-20(27-28)12-14-6-2-1-3-7-14/h1-11,13,25H,12H2/b17-13-,25-21?. The molecule has 2 aliphatic heterocycles. The van der Waals surface area contributed by atoms with Gasteiger partial charge in [-0.1, -0.05) is 54.1 Å². The molecule has 1 amide bonds. The van der Waals surface area contributed by atoms with Gasteiger partial charge in [0.2, 0.25) is 5.17 Å². The van der Waals surface area contributed by atoms with Crippen LogP contribution in [0.3, 0.4) is 0 Å². The number of fused-ring (bicyclic) bond motifs is 1. The zero-order chi connectivity index (χ0) is 21.4. The fourth-order valence-electron chi connectivity index (χ4n) is 3.25. The second-order valence-electron chi connectivity index (χ2n) is 6.86. The van der Waals surface area contributed by atoms with Crippen molar-refractivity contribution in [3.8, 4) is 11.3 Å². The Labute approximate surface area is 187 Å². The zero-order valence-electron chi connectivity index (χ0n) is 16.1. The number of amides is 1. The number of nitrogens with zero attached hydrogens (tertiary/aromatic N) is 3. The maximum absolute atomic E-state index is 12.6. The zero-order valence-corrected chi connectivity index (χ0v) is 17.7. The summed E-state index contributed by atoms with van der Waals surface area (Å²) in [7, 11) is 0. The number of amidine groups is 2. The van der Waals surface area contributed by atoms with Crippen LogP contribution in [0.5, 0.6) is 0 Å². The number of carbonyl (C=O) groups excluding carboxylic acids is 1. The van der Waals surface area contributed by atoms with E-state index < -0.39 is 5.91 Å². The van der Waals surface area contributed by atoms with E-state index in [4.69, 9.17) is 21.4 Å². The molecule has 0 fully saturated rings. The Morgan fingerprint density at radius 1 is 1.06 bits per heavy atom. The van der Waals surface area contributed by atoms with Crippen LogP contribution in [0, 0.1) is 5.41 Å². The van der Waals surface area contributed by atoms with Gasteiger partial charge in [0.25, 0.3) is 5.91 Å². The van der Waals surface area contributed by atoms with E-state index in [1.54, 1.807) is 18.2 Å². The first-order chi connectivity index (χ1) is 15.1. The number of thioether (sulfide) groups is 1. The van der Waals surface area contributed by atoms with Crippen LogP contribution in [0.1, 0.15) is 11.3 Å². The smallest absolute Gasteiger partial charge is 0.283 e. The van der Waals surface area contributed by atoms with E-state index in [-0.39, 0.29) is 11.4 Å². The summed E-state index contributed by atoms with van der Waals surface area (Å²) in [4.78, 5) is 16.7. The first-order valence-corrected chi connectivity index (χ1v) is 10.7. The summed E-state index contributed by atoms with van der Waals surface area (Å²) in [5.41, 5.74) is 1.98. The minimum Gasteiger partial charge on any atom is -0.457 e. The molecule has 3 aromatic rings. The fourth-order valence-corrected chi connectivity index (χ4v) is 4.40. The van der Waals surface area contributed by atoms with E-state index in [1.165, 1.54) is 22.8 Å². The predicted molar refractivity (Wildman–Crippen MR) is 124 cm³/mol. The SMILES string of the molecule is N=C1/C(=C/c2ccc(-c3ccccc3Cl)o2)C(=O)N=C2SC(Cc3ccccc3)=NN12. The summed E-state index contributed by atoms with van der Waals surface area (Å²) in [6.07, 6.45) is 2.13. The van der Waals surface area contributed by atoms with Gasteiger partial charge < -0.3 is 4.42 Å². The van der Waals surface area contributed by atoms with E-state index in [0.717, 1.165) is 16.2 Å². The lowest BCUT2D eigenvalue weighted by Crippen LogP contribution is -2.35. The molecule has 0 atom stereocenters. The van der Waals surface area contributed by atoms with Gasteiger partial charge >= 0.3 is 0 Å². The molecule has 152 valence electrons. The van der Waals surface area contributed by atoms with Crippen LogP contribution in [-0.2, 0) is 11.2 Å². The van der Waals surface area contributed by atoms with Gasteiger partial charge in [-0.3, -0.25) is 10.2 Å². The lowest BCUT2D eigenvalue weighted by atomic mass is 10.1. The Morgan fingerprint density at radius 2 is 1.84 bits per heavy atom. The molecule has 1 N–H and O–H groups in total. The van der Waals surface area contributed by atoms with Crippen molar-refractivity contribution in [3.05, 3.63) is 88.6 Å².